The Morgan fingerprint density at radius 3 is 0.769 bits per heavy atom. The van der Waals surface area contributed by atoms with E-state index in [0.29, 0.717) is 0 Å². The van der Waals surface area contributed by atoms with Crippen molar-refractivity contribution in [2.75, 3.05) is 26.4 Å². The maximum atomic E-state index is 8.17. The molecule has 0 rings (SSSR count). The molecule has 0 spiro atoms. The summed E-state index contributed by atoms with van der Waals surface area (Å²) in [5, 5.41) is 48.0. The van der Waals surface area contributed by atoms with E-state index in [-0.39, 0.29) is 49.5 Å². The molecule has 0 aliphatic carbocycles. The molecule has 0 unspecified atom stereocenters. The Kier molecular flexibility index (Phi) is 22.1. The van der Waals surface area contributed by atoms with Crippen molar-refractivity contribution < 1.29 is 30.6 Å². The summed E-state index contributed by atoms with van der Waals surface area (Å²) in [5.41, 5.74) is 0. The predicted octanol–water partition coefficient (Wildman–Crippen LogP) is -4.25. The lowest BCUT2D eigenvalue weighted by atomic mass is 10.4. The van der Waals surface area contributed by atoms with Gasteiger partial charge in [-0.2, -0.15) is 0 Å². The third-order valence-electron chi connectivity index (χ3n) is 0.843. The van der Waals surface area contributed by atoms with Gasteiger partial charge in [0.2, 0.25) is 0 Å². The zero-order valence-corrected chi connectivity index (χ0v) is 6.67. The van der Waals surface area contributed by atoms with Gasteiger partial charge >= 0.3 is 23.1 Å². The van der Waals surface area contributed by atoms with Crippen LogP contribution in [-0.4, -0.2) is 92.3 Å². The second-order valence-electron chi connectivity index (χ2n) is 2.04. The minimum absolute atomic E-state index is 0. The fourth-order valence-electron chi connectivity index (χ4n) is 0.115. The Morgan fingerprint density at radius 2 is 0.769 bits per heavy atom. The Labute approximate surface area is 92.6 Å². The van der Waals surface area contributed by atoms with Gasteiger partial charge in [-0.1, -0.05) is 0 Å². The quantitative estimate of drug-likeness (QED) is 0.261. The van der Waals surface area contributed by atoms with E-state index in [1.165, 1.54) is 0 Å². The highest BCUT2D eigenvalue weighted by Crippen LogP contribution is 1.72. The van der Waals surface area contributed by atoms with Gasteiger partial charge in [0.15, 0.2) is 0 Å². The summed E-state index contributed by atoms with van der Waals surface area (Å²) in [7, 11) is 0. The molecule has 0 saturated carbocycles. The van der Waals surface area contributed by atoms with Crippen LogP contribution in [0.5, 0.6) is 0 Å². The fourth-order valence-corrected chi connectivity index (χ4v) is 0.115. The third-order valence-corrected chi connectivity index (χ3v) is 0.843. The Bertz CT molecular complexity index is 65.5. The van der Waals surface area contributed by atoms with Crippen molar-refractivity contribution in [2.24, 2.45) is 0 Å². The molecule has 0 saturated heterocycles. The SMILES string of the molecule is OCC(O)CO.OCC(O)CO.[MgH2]. The number of aliphatic hydroxyl groups excluding tert-OH is 6. The number of hydrogen-bond donors (Lipinski definition) is 6. The molecule has 0 aliphatic rings. The zero-order valence-electron chi connectivity index (χ0n) is 6.67. The van der Waals surface area contributed by atoms with Gasteiger partial charge in [-0.3, -0.25) is 0 Å². The summed E-state index contributed by atoms with van der Waals surface area (Å²) in [5.74, 6) is 0. The van der Waals surface area contributed by atoms with Crippen molar-refractivity contribution in [1.29, 1.82) is 0 Å². The first-order valence-corrected chi connectivity index (χ1v) is 3.41. The van der Waals surface area contributed by atoms with Crippen molar-refractivity contribution >= 4 is 23.1 Å². The molecule has 0 aromatic carbocycles. The maximum Gasteiger partial charge on any atom is 0.316 e. The van der Waals surface area contributed by atoms with Gasteiger partial charge in [0.25, 0.3) is 0 Å². The molecular formula is C6H18MgO6. The van der Waals surface area contributed by atoms with Crippen LogP contribution in [0.3, 0.4) is 0 Å². The first kappa shape index (κ1) is 19.2. The fraction of sp³-hybridized carbons (Fsp3) is 1.00. The van der Waals surface area contributed by atoms with Crippen LogP contribution in [0.1, 0.15) is 0 Å². The van der Waals surface area contributed by atoms with Gasteiger partial charge in [0, 0.05) is 0 Å². The van der Waals surface area contributed by atoms with Crippen LogP contribution in [0.2, 0.25) is 0 Å². The molecule has 0 bridgehead atoms. The first-order valence-electron chi connectivity index (χ1n) is 3.41. The average Bonchev–Trinajstić information content (AvgIpc) is 2.16. The molecule has 80 valence electrons. The van der Waals surface area contributed by atoms with Crippen molar-refractivity contribution in [3.63, 3.8) is 0 Å². The van der Waals surface area contributed by atoms with Gasteiger partial charge in [0.05, 0.1) is 26.4 Å². The van der Waals surface area contributed by atoms with E-state index in [1.54, 1.807) is 0 Å². The van der Waals surface area contributed by atoms with E-state index in [0.717, 1.165) is 0 Å². The second-order valence-corrected chi connectivity index (χ2v) is 2.04. The van der Waals surface area contributed by atoms with Crippen molar-refractivity contribution in [3.8, 4) is 0 Å². The van der Waals surface area contributed by atoms with Gasteiger partial charge in [-0.25, -0.2) is 0 Å². The number of hydrogen-bond acceptors (Lipinski definition) is 6. The van der Waals surface area contributed by atoms with Gasteiger partial charge in [-0.05, 0) is 0 Å². The summed E-state index contributed by atoms with van der Waals surface area (Å²) in [6, 6.07) is 0. The lowest BCUT2D eigenvalue weighted by Crippen LogP contribution is -2.15. The standard InChI is InChI=1S/2C3H8O3.Mg.2H/c2*4-1-3(6)2-5;;;/h2*3-6H,1-2H2;;;. The summed E-state index contributed by atoms with van der Waals surface area (Å²) in [6.45, 7) is -1.46. The lowest BCUT2D eigenvalue weighted by molar-refractivity contribution is 0.0450. The molecule has 0 heterocycles. The Morgan fingerprint density at radius 1 is 0.615 bits per heavy atom. The van der Waals surface area contributed by atoms with Crippen LogP contribution in [0.4, 0.5) is 0 Å². The Balaban J connectivity index is -0.000000143. The second kappa shape index (κ2) is 15.0. The predicted molar refractivity (Wildman–Crippen MR) is 48.9 cm³/mol. The molecule has 0 radical (unpaired) electrons. The number of aliphatic hydroxyl groups is 6. The number of rotatable bonds is 4. The molecule has 0 amide bonds. The molecule has 0 atom stereocenters. The van der Waals surface area contributed by atoms with Crippen LogP contribution < -0.4 is 0 Å². The van der Waals surface area contributed by atoms with E-state index in [4.69, 9.17) is 30.6 Å². The molecule has 0 aromatic rings. The Hall–Kier alpha value is 0.526. The topological polar surface area (TPSA) is 121 Å². The molecular weight excluding hydrogens is 192 g/mol. The normalized spacial score (nSPS) is 9.23. The van der Waals surface area contributed by atoms with Gasteiger partial charge < -0.3 is 30.6 Å². The molecule has 6 nitrogen and oxygen atoms in total. The molecule has 0 aliphatic heterocycles. The minimum Gasteiger partial charge on any atom is -0.394 e. The van der Waals surface area contributed by atoms with Crippen LogP contribution in [0.15, 0.2) is 0 Å². The third kappa shape index (κ3) is 19.1. The van der Waals surface area contributed by atoms with E-state index in [1.807, 2.05) is 0 Å². The van der Waals surface area contributed by atoms with Crippen molar-refractivity contribution in [1.82, 2.24) is 0 Å². The monoisotopic (exact) mass is 210 g/mol. The summed E-state index contributed by atoms with van der Waals surface area (Å²) < 4.78 is 0. The van der Waals surface area contributed by atoms with Crippen LogP contribution in [-0.2, 0) is 0 Å². The van der Waals surface area contributed by atoms with Gasteiger partial charge in [-0.15, -0.1) is 0 Å². The smallest absolute Gasteiger partial charge is 0.316 e. The van der Waals surface area contributed by atoms with Crippen LogP contribution in [0, 0.1) is 0 Å². The highest BCUT2D eigenvalue weighted by atomic mass is 24.3. The van der Waals surface area contributed by atoms with Crippen LogP contribution >= 0.6 is 0 Å². The summed E-state index contributed by atoms with van der Waals surface area (Å²) in [6.07, 6.45) is -1.91. The minimum atomic E-state index is -0.954. The van der Waals surface area contributed by atoms with Crippen molar-refractivity contribution in [2.45, 2.75) is 12.2 Å². The highest BCUT2D eigenvalue weighted by molar-refractivity contribution is 5.75. The average molecular weight is 211 g/mol. The zero-order chi connectivity index (χ0) is 9.98. The molecule has 13 heavy (non-hydrogen) atoms. The van der Waals surface area contributed by atoms with E-state index < -0.39 is 12.2 Å². The van der Waals surface area contributed by atoms with E-state index in [2.05, 4.69) is 0 Å². The van der Waals surface area contributed by atoms with E-state index in [9.17, 15) is 0 Å². The largest absolute Gasteiger partial charge is 0.394 e. The van der Waals surface area contributed by atoms with Crippen LogP contribution in [0.25, 0.3) is 0 Å². The summed E-state index contributed by atoms with van der Waals surface area (Å²) >= 11 is 0. The lowest BCUT2D eigenvalue weighted by Gasteiger charge is -1.96. The van der Waals surface area contributed by atoms with E-state index >= 15 is 0 Å². The maximum absolute atomic E-state index is 8.17. The van der Waals surface area contributed by atoms with Gasteiger partial charge in [0.1, 0.15) is 12.2 Å². The highest BCUT2D eigenvalue weighted by Gasteiger charge is 1.94. The molecule has 0 aromatic heterocycles. The molecule has 6 N–H and O–H groups in total. The molecule has 7 heteroatoms. The summed E-state index contributed by atoms with van der Waals surface area (Å²) in [4.78, 5) is 0. The molecule has 0 fully saturated rings. The van der Waals surface area contributed by atoms with Crippen molar-refractivity contribution in [3.05, 3.63) is 0 Å². The first-order chi connectivity index (χ1) is 5.62.